The standard InChI is InChI=1S/C18H32N2O4/c1-17(2,3)24-16(22)19-12-18(4,13-7-8-13)20-15(21)10-9-14-6-5-11-23-14/h13-14H,5-12H2,1-4H3,(H,19,22)(H,20,21)/t14-,18+/m1/s1. The first kappa shape index (κ1) is 19.0. The average molecular weight is 340 g/mol. The molecule has 2 N–H and O–H groups in total. The Bertz CT molecular complexity index is 450. The third kappa shape index (κ3) is 6.30. The van der Waals surface area contributed by atoms with E-state index in [1.54, 1.807) is 0 Å². The fourth-order valence-electron chi connectivity index (χ4n) is 3.13. The van der Waals surface area contributed by atoms with E-state index in [-0.39, 0.29) is 12.0 Å². The highest BCUT2D eigenvalue weighted by Gasteiger charge is 2.43. The molecule has 2 rings (SSSR count). The van der Waals surface area contributed by atoms with E-state index in [2.05, 4.69) is 10.6 Å². The van der Waals surface area contributed by atoms with Crippen LogP contribution in [0.3, 0.4) is 0 Å². The summed E-state index contributed by atoms with van der Waals surface area (Å²) in [6.45, 7) is 8.70. The molecule has 2 amide bonds. The van der Waals surface area contributed by atoms with Crippen molar-refractivity contribution in [3.63, 3.8) is 0 Å². The Morgan fingerprint density at radius 3 is 2.42 bits per heavy atom. The van der Waals surface area contributed by atoms with Gasteiger partial charge in [0.1, 0.15) is 5.60 Å². The molecule has 6 heteroatoms. The molecule has 2 atom stereocenters. The van der Waals surface area contributed by atoms with E-state index in [1.165, 1.54) is 0 Å². The largest absolute Gasteiger partial charge is 0.444 e. The van der Waals surface area contributed by atoms with Gasteiger partial charge in [-0.3, -0.25) is 4.79 Å². The summed E-state index contributed by atoms with van der Waals surface area (Å²) >= 11 is 0. The third-order valence-corrected chi connectivity index (χ3v) is 4.62. The van der Waals surface area contributed by atoms with Crippen LogP contribution in [0.2, 0.25) is 0 Å². The molecule has 0 bridgehead atoms. The third-order valence-electron chi connectivity index (χ3n) is 4.62. The number of nitrogens with one attached hydrogen (secondary N) is 2. The molecule has 0 aromatic rings. The normalized spacial score (nSPS) is 23.4. The first-order chi connectivity index (χ1) is 11.2. The van der Waals surface area contributed by atoms with E-state index >= 15 is 0 Å². The van der Waals surface area contributed by atoms with Gasteiger partial charge in [0, 0.05) is 19.6 Å². The second kappa shape index (κ2) is 7.72. The van der Waals surface area contributed by atoms with Gasteiger partial charge in [0.05, 0.1) is 11.6 Å². The van der Waals surface area contributed by atoms with Gasteiger partial charge in [0.2, 0.25) is 5.91 Å². The molecule has 1 saturated carbocycles. The number of carbonyl (C=O) groups is 2. The van der Waals surface area contributed by atoms with Gasteiger partial charge in [-0.1, -0.05) is 0 Å². The molecule has 2 fully saturated rings. The van der Waals surface area contributed by atoms with E-state index in [1.807, 2.05) is 27.7 Å². The van der Waals surface area contributed by atoms with Crippen LogP contribution in [-0.2, 0) is 14.3 Å². The molecule has 2 aliphatic rings. The second-order valence-electron chi connectivity index (χ2n) is 8.27. The zero-order valence-electron chi connectivity index (χ0n) is 15.4. The van der Waals surface area contributed by atoms with Gasteiger partial charge in [-0.2, -0.15) is 0 Å². The van der Waals surface area contributed by atoms with Crippen molar-refractivity contribution in [3.05, 3.63) is 0 Å². The molecule has 24 heavy (non-hydrogen) atoms. The number of hydrogen-bond donors (Lipinski definition) is 2. The molecule has 6 nitrogen and oxygen atoms in total. The van der Waals surface area contributed by atoms with Crippen molar-refractivity contribution < 1.29 is 19.1 Å². The smallest absolute Gasteiger partial charge is 0.407 e. The summed E-state index contributed by atoms with van der Waals surface area (Å²) in [5, 5.41) is 5.94. The lowest BCUT2D eigenvalue weighted by Gasteiger charge is -2.32. The van der Waals surface area contributed by atoms with Gasteiger partial charge in [0.25, 0.3) is 0 Å². The summed E-state index contributed by atoms with van der Waals surface area (Å²) in [4.78, 5) is 24.2. The number of hydrogen-bond acceptors (Lipinski definition) is 4. The van der Waals surface area contributed by atoms with Crippen LogP contribution in [0.5, 0.6) is 0 Å². The summed E-state index contributed by atoms with van der Waals surface area (Å²) in [5.74, 6) is 0.449. The summed E-state index contributed by atoms with van der Waals surface area (Å²) in [7, 11) is 0. The molecule has 0 radical (unpaired) electrons. The topological polar surface area (TPSA) is 76.7 Å². The molecular weight excluding hydrogens is 308 g/mol. The van der Waals surface area contributed by atoms with E-state index in [0.717, 1.165) is 38.7 Å². The first-order valence-electron chi connectivity index (χ1n) is 9.07. The molecule has 0 aromatic heterocycles. The van der Waals surface area contributed by atoms with Crippen LogP contribution in [0.15, 0.2) is 0 Å². The summed E-state index contributed by atoms with van der Waals surface area (Å²) in [6, 6.07) is 0. The predicted octanol–water partition coefficient (Wildman–Crippen LogP) is 2.76. The Kier molecular flexibility index (Phi) is 6.12. The van der Waals surface area contributed by atoms with Gasteiger partial charge in [-0.15, -0.1) is 0 Å². The van der Waals surface area contributed by atoms with Crippen LogP contribution in [-0.4, -0.2) is 42.4 Å². The molecule has 0 aromatic carbocycles. The zero-order valence-corrected chi connectivity index (χ0v) is 15.4. The highest BCUT2D eigenvalue weighted by atomic mass is 16.6. The molecule has 1 aliphatic carbocycles. The van der Waals surface area contributed by atoms with Crippen molar-refractivity contribution in [3.8, 4) is 0 Å². The monoisotopic (exact) mass is 340 g/mol. The number of carbonyl (C=O) groups excluding carboxylic acids is 2. The predicted molar refractivity (Wildman–Crippen MR) is 91.7 cm³/mol. The van der Waals surface area contributed by atoms with Crippen molar-refractivity contribution in [2.24, 2.45) is 5.92 Å². The lowest BCUT2D eigenvalue weighted by atomic mass is 9.95. The van der Waals surface area contributed by atoms with Crippen LogP contribution in [0, 0.1) is 5.92 Å². The lowest BCUT2D eigenvalue weighted by Crippen LogP contribution is -2.55. The zero-order chi connectivity index (χ0) is 17.8. The Morgan fingerprint density at radius 1 is 1.17 bits per heavy atom. The molecule has 1 aliphatic heterocycles. The minimum atomic E-state index is -0.523. The fraction of sp³-hybridized carbons (Fsp3) is 0.889. The Balaban J connectivity index is 1.78. The van der Waals surface area contributed by atoms with E-state index in [0.29, 0.717) is 18.9 Å². The minimum Gasteiger partial charge on any atom is -0.444 e. The first-order valence-corrected chi connectivity index (χ1v) is 9.07. The molecule has 0 unspecified atom stereocenters. The van der Waals surface area contributed by atoms with Gasteiger partial charge in [-0.25, -0.2) is 4.79 Å². The van der Waals surface area contributed by atoms with Crippen molar-refractivity contribution in [2.75, 3.05) is 13.2 Å². The average Bonchev–Trinajstić information content (AvgIpc) is 3.20. The summed E-state index contributed by atoms with van der Waals surface area (Å²) in [6.07, 6.45) is 5.33. The number of rotatable bonds is 7. The van der Waals surface area contributed by atoms with Gasteiger partial charge in [0.15, 0.2) is 0 Å². The fourth-order valence-corrected chi connectivity index (χ4v) is 3.13. The van der Waals surface area contributed by atoms with Crippen molar-refractivity contribution >= 4 is 12.0 Å². The van der Waals surface area contributed by atoms with Crippen molar-refractivity contribution in [2.45, 2.75) is 83.5 Å². The molecule has 0 spiro atoms. The highest BCUT2D eigenvalue weighted by Crippen LogP contribution is 2.39. The Hall–Kier alpha value is -1.30. The molecule has 1 saturated heterocycles. The second-order valence-corrected chi connectivity index (χ2v) is 8.27. The van der Waals surface area contributed by atoms with E-state index < -0.39 is 17.2 Å². The van der Waals surface area contributed by atoms with Crippen LogP contribution in [0.1, 0.15) is 66.2 Å². The maximum Gasteiger partial charge on any atom is 0.407 e. The molecular formula is C18H32N2O4. The van der Waals surface area contributed by atoms with Gasteiger partial charge in [-0.05, 0) is 65.7 Å². The molecule has 1 heterocycles. The van der Waals surface area contributed by atoms with Crippen LogP contribution in [0.4, 0.5) is 4.79 Å². The van der Waals surface area contributed by atoms with E-state index in [9.17, 15) is 9.59 Å². The maximum absolute atomic E-state index is 12.3. The van der Waals surface area contributed by atoms with E-state index in [4.69, 9.17) is 9.47 Å². The summed E-state index contributed by atoms with van der Waals surface area (Å²) in [5.41, 5.74) is -0.935. The lowest BCUT2D eigenvalue weighted by molar-refractivity contribution is -0.123. The Labute approximate surface area is 145 Å². The number of alkyl carbamates (subject to hydrolysis) is 1. The van der Waals surface area contributed by atoms with Crippen LogP contribution in [0.25, 0.3) is 0 Å². The minimum absolute atomic E-state index is 0.0332. The SMILES string of the molecule is CC(C)(C)OC(=O)NC[C@](C)(NC(=O)CC[C@H]1CCCO1)C1CC1. The maximum atomic E-state index is 12.3. The Morgan fingerprint density at radius 2 is 1.88 bits per heavy atom. The number of ether oxygens (including phenoxy) is 2. The van der Waals surface area contributed by atoms with Gasteiger partial charge >= 0.3 is 6.09 Å². The van der Waals surface area contributed by atoms with Crippen LogP contribution >= 0.6 is 0 Å². The van der Waals surface area contributed by atoms with Crippen molar-refractivity contribution in [1.29, 1.82) is 0 Å². The van der Waals surface area contributed by atoms with Gasteiger partial charge < -0.3 is 20.1 Å². The quantitative estimate of drug-likeness (QED) is 0.747. The van der Waals surface area contributed by atoms with Crippen molar-refractivity contribution in [1.82, 2.24) is 10.6 Å². The molecule has 138 valence electrons. The van der Waals surface area contributed by atoms with Crippen LogP contribution < -0.4 is 10.6 Å². The summed E-state index contributed by atoms with van der Waals surface area (Å²) < 4.78 is 10.8. The highest BCUT2D eigenvalue weighted by molar-refractivity contribution is 5.77. The number of amides is 2.